The zero-order valence-corrected chi connectivity index (χ0v) is 12.2. The molecule has 0 unspecified atom stereocenters. The molecule has 1 amide bonds. The van der Waals surface area contributed by atoms with Crippen LogP contribution in [-0.4, -0.2) is 33.8 Å². The highest BCUT2D eigenvalue weighted by Gasteiger charge is 2.18. The summed E-state index contributed by atoms with van der Waals surface area (Å²) in [5.74, 6) is 0.167. The van der Waals surface area contributed by atoms with Gasteiger partial charge in [0.2, 0.25) is 11.8 Å². The van der Waals surface area contributed by atoms with E-state index in [4.69, 9.17) is 9.47 Å². The number of hydrogen-bond acceptors (Lipinski definition) is 6. The zero-order valence-electron chi connectivity index (χ0n) is 12.2. The molecule has 0 radical (unpaired) electrons. The van der Waals surface area contributed by atoms with Crippen molar-refractivity contribution in [1.29, 1.82) is 0 Å². The highest BCUT2D eigenvalue weighted by Crippen LogP contribution is 2.18. The van der Waals surface area contributed by atoms with Crippen molar-refractivity contribution in [2.24, 2.45) is 0 Å². The molecule has 0 bridgehead atoms. The van der Waals surface area contributed by atoms with Gasteiger partial charge in [-0.05, 0) is 26.8 Å². The molecule has 8 nitrogen and oxygen atoms in total. The molecule has 0 atom stereocenters. The third kappa shape index (κ3) is 3.47. The van der Waals surface area contributed by atoms with Gasteiger partial charge in [0.05, 0.1) is 12.6 Å². The van der Waals surface area contributed by atoms with Gasteiger partial charge in [0.1, 0.15) is 11.0 Å². The van der Waals surface area contributed by atoms with E-state index in [9.17, 15) is 9.59 Å². The molecule has 2 aromatic rings. The number of anilines is 1. The molecule has 0 spiro atoms. The Balaban J connectivity index is 2.36. The first-order valence-corrected chi connectivity index (χ1v) is 6.23. The number of amides is 1. The normalized spacial score (nSPS) is 11.2. The minimum atomic E-state index is -0.703. The lowest BCUT2D eigenvalue weighted by Crippen LogP contribution is -2.28. The number of methoxy groups -OCH3 is 1. The minimum absolute atomic E-state index is 0.00463. The summed E-state index contributed by atoms with van der Waals surface area (Å²) in [4.78, 5) is 34.2. The third-order valence-corrected chi connectivity index (χ3v) is 2.40. The van der Waals surface area contributed by atoms with Crippen molar-refractivity contribution in [2.45, 2.75) is 26.4 Å². The first-order chi connectivity index (χ1) is 9.80. The number of carbonyl (C=O) groups excluding carboxylic acids is 1. The molecule has 2 aromatic heterocycles. The van der Waals surface area contributed by atoms with Crippen molar-refractivity contribution in [3.63, 3.8) is 0 Å². The third-order valence-electron chi connectivity index (χ3n) is 2.40. The fourth-order valence-electron chi connectivity index (χ4n) is 1.67. The summed E-state index contributed by atoms with van der Waals surface area (Å²) in [7, 11) is 1.41. The van der Waals surface area contributed by atoms with Crippen molar-refractivity contribution in [3.8, 4) is 5.88 Å². The molecule has 0 saturated heterocycles. The second-order valence-electron chi connectivity index (χ2n) is 5.26. The summed E-state index contributed by atoms with van der Waals surface area (Å²) in [6.07, 6.45) is 0.760. The lowest BCUT2D eigenvalue weighted by molar-refractivity contribution is 0.0634. The number of rotatable bonds is 2. The number of aromatic amines is 1. The van der Waals surface area contributed by atoms with Gasteiger partial charge >= 0.3 is 6.09 Å². The van der Waals surface area contributed by atoms with Crippen molar-refractivity contribution in [3.05, 3.63) is 22.6 Å². The van der Waals surface area contributed by atoms with Crippen LogP contribution in [-0.2, 0) is 4.74 Å². The van der Waals surface area contributed by atoms with E-state index in [1.807, 2.05) is 0 Å². The van der Waals surface area contributed by atoms with E-state index in [0.717, 1.165) is 0 Å². The van der Waals surface area contributed by atoms with E-state index in [1.165, 1.54) is 13.3 Å². The summed E-state index contributed by atoms with van der Waals surface area (Å²) >= 11 is 0. The van der Waals surface area contributed by atoms with E-state index in [-0.39, 0.29) is 17.2 Å². The van der Waals surface area contributed by atoms with Crippen LogP contribution in [0.3, 0.4) is 0 Å². The Hall–Kier alpha value is -2.64. The van der Waals surface area contributed by atoms with E-state index >= 15 is 0 Å². The van der Waals surface area contributed by atoms with Gasteiger partial charge in [-0.25, -0.2) is 14.8 Å². The van der Waals surface area contributed by atoms with Crippen molar-refractivity contribution < 1.29 is 14.3 Å². The van der Waals surface area contributed by atoms with Gasteiger partial charge in [-0.15, -0.1) is 0 Å². The predicted molar refractivity (Wildman–Crippen MR) is 76.6 cm³/mol. The van der Waals surface area contributed by atoms with E-state index < -0.39 is 17.3 Å². The maximum Gasteiger partial charge on any atom is 0.414 e. The van der Waals surface area contributed by atoms with Crippen LogP contribution in [0.4, 0.5) is 10.7 Å². The molecule has 2 heterocycles. The smallest absolute Gasteiger partial charge is 0.414 e. The van der Waals surface area contributed by atoms with E-state index in [1.54, 1.807) is 26.8 Å². The zero-order chi connectivity index (χ0) is 15.6. The van der Waals surface area contributed by atoms with Crippen molar-refractivity contribution in [2.75, 3.05) is 12.4 Å². The van der Waals surface area contributed by atoms with Gasteiger partial charge in [-0.2, -0.15) is 0 Å². The maximum absolute atomic E-state index is 12.0. The first-order valence-electron chi connectivity index (χ1n) is 6.23. The quantitative estimate of drug-likeness (QED) is 0.872. The van der Waals surface area contributed by atoms with Crippen molar-refractivity contribution >= 4 is 22.9 Å². The second-order valence-corrected chi connectivity index (χ2v) is 5.26. The average molecular weight is 292 g/mol. The largest absolute Gasteiger partial charge is 0.480 e. The van der Waals surface area contributed by atoms with Crippen molar-refractivity contribution in [1.82, 2.24) is 15.0 Å². The molecule has 0 aromatic carbocycles. The molecule has 21 heavy (non-hydrogen) atoms. The monoisotopic (exact) mass is 292 g/mol. The highest BCUT2D eigenvalue weighted by molar-refractivity contribution is 5.86. The number of pyridine rings is 1. The van der Waals surface area contributed by atoms with Crippen LogP contribution < -0.4 is 15.6 Å². The number of fused-ring (bicyclic) bond motifs is 1. The lowest BCUT2D eigenvalue weighted by Gasteiger charge is -2.19. The summed E-state index contributed by atoms with van der Waals surface area (Å²) in [6, 6.07) is 1.55. The SMILES string of the molecule is COc1nccc2nc(NC(=O)OC(C)(C)C)[nH]c(=O)c12. The van der Waals surface area contributed by atoms with Gasteiger partial charge in [-0.1, -0.05) is 0 Å². The molecular weight excluding hydrogens is 276 g/mol. The van der Waals surface area contributed by atoms with Gasteiger partial charge < -0.3 is 9.47 Å². The number of nitrogens with one attached hydrogen (secondary N) is 2. The van der Waals surface area contributed by atoms with E-state index in [0.29, 0.717) is 5.52 Å². The molecule has 0 aliphatic heterocycles. The van der Waals surface area contributed by atoms with Crippen LogP contribution in [0.1, 0.15) is 20.8 Å². The Morgan fingerprint density at radius 1 is 1.38 bits per heavy atom. The number of nitrogens with zero attached hydrogens (tertiary/aromatic N) is 2. The molecule has 0 aliphatic carbocycles. The summed E-state index contributed by atoms with van der Waals surface area (Å²) in [6.45, 7) is 5.21. The number of hydrogen-bond donors (Lipinski definition) is 2. The molecule has 0 fully saturated rings. The fraction of sp³-hybridized carbons (Fsp3) is 0.385. The van der Waals surface area contributed by atoms with Crippen LogP contribution in [0.2, 0.25) is 0 Å². The second kappa shape index (κ2) is 5.39. The number of H-pyrrole nitrogens is 1. The summed E-state index contributed by atoms with van der Waals surface area (Å²) < 4.78 is 10.1. The summed E-state index contributed by atoms with van der Waals surface area (Å²) in [5, 5.41) is 2.60. The minimum Gasteiger partial charge on any atom is -0.480 e. The van der Waals surface area contributed by atoms with Crippen LogP contribution in [0, 0.1) is 0 Å². The number of aromatic nitrogens is 3. The topological polar surface area (TPSA) is 106 Å². The molecule has 112 valence electrons. The van der Waals surface area contributed by atoms with Gasteiger partial charge in [0, 0.05) is 6.20 Å². The number of ether oxygens (including phenoxy) is 2. The Bertz CT molecular complexity index is 733. The molecular formula is C13H16N4O4. The Morgan fingerprint density at radius 3 is 2.71 bits per heavy atom. The molecule has 0 aliphatic rings. The van der Waals surface area contributed by atoms with Crippen LogP contribution in [0.15, 0.2) is 17.1 Å². The van der Waals surface area contributed by atoms with Gasteiger partial charge in [0.25, 0.3) is 5.56 Å². The van der Waals surface area contributed by atoms with Crippen LogP contribution in [0.5, 0.6) is 5.88 Å². The van der Waals surface area contributed by atoms with Gasteiger partial charge in [-0.3, -0.25) is 15.1 Å². The molecule has 2 rings (SSSR count). The Kier molecular flexibility index (Phi) is 3.79. The highest BCUT2D eigenvalue weighted by atomic mass is 16.6. The summed E-state index contributed by atoms with van der Waals surface area (Å²) in [5.41, 5.74) is -0.748. The number of carbonyl (C=O) groups is 1. The standard InChI is InChI=1S/C13H16N4O4/c1-13(2,3)21-12(19)17-11-15-7-5-6-14-10(20-4)8(7)9(18)16-11/h5-6H,1-4H3,(H2,15,16,17,18,19). The molecule has 2 N–H and O–H groups in total. The molecule has 8 heteroatoms. The Labute approximate surface area is 120 Å². The lowest BCUT2D eigenvalue weighted by atomic mass is 10.2. The first kappa shape index (κ1) is 14.8. The van der Waals surface area contributed by atoms with E-state index in [2.05, 4.69) is 20.3 Å². The predicted octanol–water partition coefficient (Wildman–Crippen LogP) is 1.67. The maximum atomic E-state index is 12.0. The average Bonchev–Trinajstić information content (AvgIpc) is 2.35. The fourth-order valence-corrected chi connectivity index (χ4v) is 1.67. The van der Waals surface area contributed by atoms with Crippen LogP contribution in [0.25, 0.3) is 10.9 Å². The van der Waals surface area contributed by atoms with Crippen LogP contribution >= 0.6 is 0 Å². The molecule has 0 saturated carbocycles. The van der Waals surface area contributed by atoms with Gasteiger partial charge in [0.15, 0.2) is 0 Å². The Morgan fingerprint density at radius 2 is 2.10 bits per heavy atom.